The van der Waals surface area contributed by atoms with Crippen LogP contribution in [0, 0.1) is 0 Å². The van der Waals surface area contributed by atoms with Gasteiger partial charge in [0.15, 0.2) is 5.82 Å². The molecule has 0 radical (unpaired) electrons. The lowest BCUT2D eigenvalue weighted by Crippen LogP contribution is -2.04. The van der Waals surface area contributed by atoms with Crippen LogP contribution in [0.15, 0.2) is 12.1 Å². The van der Waals surface area contributed by atoms with Crippen LogP contribution < -0.4 is 0 Å². The molecule has 0 unspecified atom stereocenters. The molecule has 0 N–H and O–H groups in total. The van der Waals surface area contributed by atoms with E-state index in [1.165, 1.54) is 9.75 Å². The average molecular weight is 243 g/mol. The Kier molecular flexibility index (Phi) is 3.33. The van der Waals surface area contributed by atoms with E-state index < -0.39 is 0 Å². The monoisotopic (exact) mass is 242 g/mol. The number of hydrogen-bond donors (Lipinski definition) is 0. The summed E-state index contributed by atoms with van der Waals surface area (Å²) < 4.78 is 1.73. The van der Waals surface area contributed by atoms with Gasteiger partial charge in [-0.3, -0.25) is 0 Å². The minimum atomic E-state index is 0.346. The highest BCUT2D eigenvalue weighted by Crippen LogP contribution is 2.18. The maximum absolute atomic E-state index is 5.71. The number of nitrogens with zero attached hydrogens (tertiary/aromatic N) is 4. The number of hydrogen-bond acceptors (Lipinski definition) is 4. The van der Waals surface area contributed by atoms with Crippen molar-refractivity contribution in [1.29, 1.82) is 0 Å². The van der Waals surface area contributed by atoms with Crippen LogP contribution in [-0.4, -0.2) is 20.2 Å². The van der Waals surface area contributed by atoms with E-state index in [2.05, 4.69) is 34.6 Å². The Hall–Kier alpha value is -0.940. The van der Waals surface area contributed by atoms with Crippen molar-refractivity contribution in [1.82, 2.24) is 20.2 Å². The fourth-order valence-electron chi connectivity index (χ4n) is 1.29. The lowest BCUT2D eigenvalue weighted by atomic mass is 10.3. The summed E-state index contributed by atoms with van der Waals surface area (Å²) >= 11 is 7.50. The van der Waals surface area contributed by atoms with Crippen LogP contribution in [0.3, 0.4) is 0 Å². The van der Waals surface area contributed by atoms with Crippen LogP contribution >= 0.6 is 22.9 Å². The molecule has 2 aromatic rings. The highest BCUT2D eigenvalue weighted by molar-refractivity contribution is 7.11. The van der Waals surface area contributed by atoms with Crippen molar-refractivity contribution in [3.63, 3.8) is 0 Å². The Morgan fingerprint density at radius 2 is 2.20 bits per heavy atom. The van der Waals surface area contributed by atoms with Crippen LogP contribution in [0.5, 0.6) is 0 Å². The zero-order chi connectivity index (χ0) is 10.7. The number of alkyl halides is 1. The van der Waals surface area contributed by atoms with Gasteiger partial charge in [-0.05, 0) is 29.0 Å². The van der Waals surface area contributed by atoms with E-state index in [1.807, 2.05) is 0 Å². The summed E-state index contributed by atoms with van der Waals surface area (Å²) in [5, 5.41) is 11.3. The third-order valence-corrected chi connectivity index (χ3v) is 3.55. The molecule has 0 aliphatic rings. The van der Waals surface area contributed by atoms with Crippen LogP contribution in [0.25, 0.3) is 0 Å². The second kappa shape index (κ2) is 4.72. The van der Waals surface area contributed by atoms with E-state index in [4.69, 9.17) is 11.6 Å². The molecule has 80 valence electrons. The Balaban J connectivity index is 2.14. The predicted molar refractivity (Wildman–Crippen MR) is 60.2 cm³/mol. The van der Waals surface area contributed by atoms with Gasteiger partial charge < -0.3 is 0 Å². The van der Waals surface area contributed by atoms with Gasteiger partial charge >= 0.3 is 0 Å². The summed E-state index contributed by atoms with van der Waals surface area (Å²) in [7, 11) is 0. The van der Waals surface area contributed by atoms with Gasteiger partial charge in [0.1, 0.15) is 0 Å². The van der Waals surface area contributed by atoms with Gasteiger partial charge in [0, 0.05) is 9.75 Å². The van der Waals surface area contributed by atoms with Gasteiger partial charge in [-0.25, -0.2) is 4.68 Å². The van der Waals surface area contributed by atoms with Crippen molar-refractivity contribution in [3.05, 3.63) is 27.7 Å². The van der Waals surface area contributed by atoms with Crippen molar-refractivity contribution < 1.29 is 0 Å². The lowest BCUT2D eigenvalue weighted by molar-refractivity contribution is 0.636. The van der Waals surface area contributed by atoms with Gasteiger partial charge in [-0.15, -0.1) is 28.0 Å². The lowest BCUT2D eigenvalue weighted by Gasteiger charge is -1.98. The molecule has 0 aliphatic carbocycles. The minimum absolute atomic E-state index is 0.346. The van der Waals surface area contributed by atoms with E-state index >= 15 is 0 Å². The molecule has 0 fully saturated rings. The van der Waals surface area contributed by atoms with Crippen LogP contribution in [0.4, 0.5) is 0 Å². The first-order valence-corrected chi connectivity index (χ1v) is 6.07. The van der Waals surface area contributed by atoms with Crippen LogP contribution in [0.1, 0.15) is 22.5 Å². The molecule has 0 aromatic carbocycles. The molecule has 0 saturated heterocycles. The third-order valence-electron chi connectivity index (χ3n) is 2.10. The van der Waals surface area contributed by atoms with Crippen LogP contribution in [-0.2, 0) is 18.8 Å². The summed E-state index contributed by atoms with van der Waals surface area (Å²) in [4.78, 5) is 2.64. The summed E-state index contributed by atoms with van der Waals surface area (Å²) in [6.45, 7) is 2.86. The van der Waals surface area contributed by atoms with Crippen LogP contribution in [0.2, 0.25) is 0 Å². The molecule has 0 aliphatic heterocycles. The number of thiophene rings is 1. The molecule has 2 aromatic heterocycles. The summed E-state index contributed by atoms with van der Waals surface area (Å²) in [5.41, 5.74) is 0. The highest BCUT2D eigenvalue weighted by atomic mass is 35.5. The molecular formula is C9H11ClN4S. The first-order valence-electron chi connectivity index (χ1n) is 4.72. The minimum Gasteiger partial charge on any atom is -0.223 e. The molecule has 15 heavy (non-hydrogen) atoms. The quantitative estimate of drug-likeness (QED) is 0.771. The van der Waals surface area contributed by atoms with Gasteiger partial charge in [-0.2, -0.15) is 0 Å². The summed E-state index contributed by atoms with van der Waals surface area (Å²) in [6.07, 6.45) is 1.07. The fourth-order valence-corrected chi connectivity index (χ4v) is 2.42. The molecule has 0 saturated carbocycles. The number of aromatic nitrogens is 4. The molecule has 0 bridgehead atoms. The van der Waals surface area contributed by atoms with E-state index in [1.54, 1.807) is 16.0 Å². The molecule has 6 heteroatoms. The standard InChI is InChI=1S/C9H11ClN4S/c1-2-7-3-4-8(15-7)6-14-9(5-10)11-12-13-14/h3-4H,2,5-6H2,1H3. The zero-order valence-corrected chi connectivity index (χ0v) is 9.92. The third kappa shape index (κ3) is 2.35. The average Bonchev–Trinajstić information content (AvgIpc) is 2.87. The zero-order valence-electron chi connectivity index (χ0n) is 8.35. The molecule has 0 amide bonds. The maximum Gasteiger partial charge on any atom is 0.166 e. The number of rotatable bonds is 4. The molecule has 0 spiro atoms. The predicted octanol–water partition coefficient (Wildman–Crippen LogP) is 2.08. The number of halogens is 1. The van der Waals surface area contributed by atoms with E-state index in [0.717, 1.165) is 6.42 Å². The Morgan fingerprint density at radius 3 is 2.87 bits per heavy atom. The van der Waals surface area contributed by atoms with E-state index in [9.17, 15) is 0 Å². The smallest absolute Gasteiger partial charge is 0.166 e. The van der Waals surface area contributed by atoms with Crippen molar-refractivity contribution >= 4 is 22.9 Å². The number of tetrazole rings is 1. The molecular weight excluding hydrogens is 232 g/mol. The first kappa shape index (κ1) is 10.6. The Morgan fingerprint density at radius 1 is 1.40 bits per heavy atom. The molecule has 2 rings (SSSR count). The Labute approximate surface area is 96.9 Å². The van der Waals surface area contributed by atoms with Gasteiger partial charge in [0.05, 0.1) is 12.4 Å². The second-order valence-electron chi connectivity index (χ2n) is 3.11. The molecule has 2 heterocycles. The maximum atomic E-state index is 5.71. The normalized spacial score (nSPS) is 10.8. The summed E-state index contributed by atoms with van der Waals surface area (Å²) in [5.74, 6) is 1.06. The van der Waals surface area contributed by atoms with Crippen molar-refractivity contribution in [2.75, 3.05) is 0 Å². The van der Waals surface area contributed by atoms with E-state index in [0.29, 0.717) is 18.2 Å². The second-order valence-corrected chi connectivity index (χ2v) is 4.63. The van der Waals surface area contributed by atoms with Gasteiger partial charge in [0.25, 0.3) is 0 Å². The Bertz CT molecular complexity index is 437. The van der Waals surface area contributed by atoms with Gasteiger partial charge in [-0.1, -0.05) is 6.92 Å². The number of aryl methyl sites for hydroxylation is 1. The summed E-state index contributed by atoms with van der Waals surface area (Å²) in [6, 6.07) is 4.26. The molecule has 4 nitrogen and oxygen atoms in total. The van der Waals surface area contributed by atoms with Crippen molar-refractivity contribution in [2.24, 2.45) is 0 Å². The highest BCUT2D eigenvalue weighted by Gasteiger charge is 2.06. The largest absolute Gasteiger partial charge is 0.223 e. The topological polar surface area (TPSA) is 43.6 Å². The first-order chi connectivity index (χ1) is 7.33. The SMILES string of the molecule is CCc1ccc(Cn2nnnc2CCl)s1. The van der Waals surface area contributed by atoms with E-state index in [-0.39, 0.29) is 0 Å². The fraction of sp³-hybridized carbons (Fsp3) is 0.444. The van der Waals surface area contributed by atoms with Gasteiger partial charge in [0.2, 0.25) is 0 Å². The van der Waals surface area contributed by atoms with Crippen molar-refractivity contribution in [2.45, 2.75) is 25.8 Å². The van der Waals surface area contributed by atoms with Crippen molar-refractivity contribution in [3.8, 4) is 0 Å². The molecule has 0 atom stereocenters.